The highest BCUT2D eigenvalue weighted by Crippen LogP contribution is 2.38. The van der Waals surface area contributed by atoms with E-state index in [2.05, 4.69) is 18.7 Å². The molecule has 0 aromatic heterocycles. The van der Waals surface area contributed by atoms with Crippen LogP contribution < -0.4 is 0 Å². The highest BCUT2D eigenvalue weighted by Gasteiger charge is 2.38. The Morgan fingerprint density at radius 2 is 1.80 bits per heavy atom. The van der Waals surface area contributed by atoms with Crippen LogP contribution in [0.3, 0.4) is 0 Å². The van der Waals surface area contributed by atoms with Gasteiger partial charge in [-0.05, 0) is 31.6 Å². The van der Waals surface area contributed by atoms with E-state index < -0.39 is 0 Å². The summed E-state index contributed by atoms with van der Waals surface area (Å²) in [5, 5.41) is 0. The Kier molecular flexibility index (Phi) is 2.89. The largest absolute Gasteiger partial charge is 0.302 e. The second-order valence-electron chi connectivity index (χ2n) is 6.09. The van der Waals surface area contributed by atoms with Crippen LogP contribution in [0.1, 0.15) is 40.0 Å². The summed E-state index contributed by atoms with van der Waals surface area (Å²) < 4.78 is 0. The summed E-state index contributed by atoms with van der Waals surface area (Å²) in [5.74, 6) is 2.19. The topological polar surface area (TPSA) is 20.3 Å². The maximum atomic E-state index is 11.5. The number of ketones is 1. The Bertz CT molecular complexity index is 247. The number of Topliss-reactive ketones (excluding diaryl/α,β-unsaturated/α-hetero) is 1. The van der Waals surface area contributed by atoms with Gasteiger partial charge in [0.2, 0.25) is 0 Å². The van der Waals surface area contributed by atoms with Crippen molar-refractivity contribution < 1.29 is 4.79 Å². The van der Waals surface area contributed by atoms with E-state index in [9.17, 15) is 4.79 Å². The maximum absolute atomic E-state index is 11.5. The molecule has 2 heteroatoms. The van der Waals surface area contributed by atoms with Gasteiger partial charge in [0, 0.05) is 25.0 Å². The Balaban J connectivity index is 1.90. The molecule has 2 rings (SSSR count). The monoisotopic (exact) mass is 209 g/mol. The van der Waals surface area contributed by atoms with Crippen molar-refractivity contribution in [3.8, 4) is 0 Å². The van der Waals surface area contributed by atoms with Crippen LogP contribution in [0, 0.1) is 17.3 Å². The Labute approximate surface area is 93.0 Å². The Hall–Kier alpha value is -0.370. The van der Waals surface area contributed by atoms with Crippen molar-refractivity contribution in [1.82, 2.24) is 4.90 Å². The third-order valence-electron chi connectivity index (χ3n) is 4.37. The molecule has 1 saturated heterocycles. The number of hydrogen-bond donors (Lipinski definition) is 0. The molecule has 0 radical (unpaired) electrons. The van der Waals surface area contributed by atoms with Crippen molar-refractivity contribution in [2.75, 3.05) is 19.6 Å². The number of carbonyl (C=O) groups excluding carboxylic acids is 1. The normalized spacial score (nSPS) is 31.9. The second-order valence-corrected chi connectivity index (χ2v) is 6.09. The van der Waals surface area contributed by atoms with E-state index in [0.29, 0.717) is 5.78 Å². The molecule has 0 spiro atoms. The number of hydrogen-bond acceptors (Lipinski definition) is 2. The predicted octanol–water partition coefficient (Wildman–Crippen LogP) is 2.33. The van der Waals surface area contributed by atoms with Gasteiger partial charge < -0.3 is 4.90 Å². The van der Waals surface area contributed by atoms with Gasteiger partial charge >= 0.3 is 0 Å². The molecule has 2 aliphatic rings. The van der Waals surface area contributed by atoms with E-state index in [1.54, 1.807) is 6.92 Å². The molecule has 2 unspecified atom stereocenters. The lowest BCUT2D eigenvalue weighted by Gasteiger charge is -2.28. The fraction of sp³-hybridized carbons (Fsp3) is 0.923. The summed E-state index contributed by atoms with van der Waals surface area (Å²) in [6.07, 6.45) is 4.27. The van der Waals surface area contributed by atoms with Crippen LogP contribution in [0.4, 0.5) is 0 Å². The SMILES string of the molecule is CC(=O)C(C)(C)CN1CC2CCCC2C1. The quantitative estimate of drug-likeness (QED) is 0.711. The molecular formula is C13H23NO. The smallest absolute Gasteiger partial charge is 0.136 e. The van der Waals surface area contributed by atoms with E-state index in [4.69, 9.17) is 0 Å². The van der Waals surface area contributed by atoms with E-state index in [1.165, 1.54) is 32.4 Å². The first-order chi connectivity index (χ1) is 6.99. The maximum Gasteiger partial charge on any atom is 0.136 e. The van der Waals surface area contributed by atoms with Crippen molar-refractivity contribution >= 4 is 5.78 Å². The summed E-state index contributed by atoms with van der Waals surface area (Å²) >= 11 is 0. The molecule has 0 aromatic rings. The van der Waals surface area contributed by atoms with Gasteiger partial charge in [0.15, 0.2) is 0 Å². The van der Waals surface area contributed by atoms with Crippen LogP contribution in [0.25, 0.3) is 0 Å². The van der Waals surface area contributed by atoms with Gasteiger partial charge in [0.1, 0.15) is 5.78 Å². The molecular weight excluding hydrogens is 186 g/mol. The second kappa shape index (κ2) is 3.89. The van der Waals surface area contributed by atoms with E-state index in [1.807, 2.05) is 0 Å². The molecule has 1 saturated carbocycles. The number of likely N-dealkylation sites (tertiary alicyclic amines) is 1. The first kappa shape index (κ1) is 11.1. The first-order valence-electron chi connectivity index (χ1n) is 6.22. The molecule has 1 aliphatic carbocycles. The van der Waals surface area contributed by atoms with Crippen molar-refractivity contribution in [3.63, 3.8) is 0 Å². The summed E-state index contributed by atoms with van der Waals surface area (Å²) in [7, 11) is 0. The zero-order valence-electron chi connectivity index (χ0n) is 10.3. The van der Waals surface area contributed by atoms with Crippen molar-refractivity contribution in [2.45, 2.75) is 40.0 Å². The van der Waals surface area contributed by atoms with Gasteiger partial charge in [-0.2, -0.15) is 0 Å². The average molecular weight is 209 g/mol. The molecule has 0 amide bonds. The molecule has 86 valence electrons. The minimum atomic E-state index is -0.154. The lowest BCUT2D eigenvalue weighted by Crippen LogP contribution is -2.37. The number of fused-ring (bicyclic) bond motifs is 1. The zero-order valence-corrected chi connectivity index (χ0v) is 10.3. The lowest BCUT2D eigenvalue weighted by molar-refractivity contribution is -0.125. The average Bonchev–Trinajstić information content (AvgIpc) is 2.62. The van der Waals surface area contributed by atoms with Crippen molar-refractivity contribution in [3.05, 3.63) is 0 Å². The molecule has 1 heterocycles. The number of rotatable bonds is 3. The number of nitrogens with zero attached hydrogens (tertiary/aromatic N) is 1. The van der Waals surface area contributed by atoms with Crippen molar-refractivity contribution in [1.29, 1.82) is 0 Å². The Morgan fingerprint density at radius 3 is 2.27 bits per heavy atom. The summed E-state index contributed by atoms with van der Waals surface area (Å²) in [6.45, 7) is 9.29. The van der Waals surface area contributed by atoms with Crippen LogP contribution >= 0.6 is 0 Å². The van der Waals surface area contributed by atoms with Crippen LogP contribution in [0.5, 0.6) is 0 Å². The fourth-order valence-electron chi connectivity index (χ4n) is 3.13. The van der Waals surface area contributed by atoms with Gasteiger partial charge in [0.05, 0.1) is 0 Å². The predicted molar refractivity (Wildman–Crippen MR) is 61.7 cm³/mol. The molecule has 1 aliphatic heterocycles. The van der Waals surface area contributed by atoms with Crippen LogP contribution in [0.15, 0.2) is 0 Å². The van der Waals surface area contributed by atoms with Gasteiger partial charge in [0.25, 0.3) is 0 Å². The van der Waals surface area contributed by atoms with E-state index >= 15 is 0 Å². The van der Waals surface area contributed by atoms with Gasteiger partial charge in [-0.1, -0.05) is 20.3 Å². The van der Waals surface area contributed by atoms with Gasteiger partial charge in [-0.25, -0.2) is 0 Å². The van der Waals surface area contributed by atoms with Crippen LogP contribution in [-0.4, -0.2) is 30.3 Å². The van der Waals surface area contributed by atoms with Gasteiger partial charge in [-0.15, -0.1) is 0 Å². The van der Waals surface area contributed by atoms with E-state index in [-0.39, 0.29) is 5.41 Å². The molecule has 0 N–H and O–H groups in total. The summed E-state index contributed by atoms with van der Waals surface area (Å²) in [6, 6.07) is 0. The highest BCUT2D eigenvalue weighted by atomic mass is 16.1. The minimum Gasteiger partial charge on any atom is -0.302 e. The van der Waals surface area contributed by atoms with Crippen LogP contribution in [-0.2, 0) is 4.79 Å². The third-order valence-corrected chi connectivity index (χ3v) is 4.37. The minimum absolute atomic E-state index is 0.154. The molecule has 15 heavy (non-hydrogen) atoms. The Morgan fingerprint density at radius 1 is 1.27 bits per heavy atom. The molecule has 2 nitrogen and oxygen atoms in total. The third kappa shape index (κ3) is 2.25. The standard InChI is InChI=1S/C13H23NO/c1-10(15)13(2,3)9-14-7-11-5-4-6-12(11)8-14/h11-12H,4-9H2,1-3H3. The summed E-state index contributed by atoms with van der Waals surface area (Å²) in [4.78, 5) is 14.0. The molecule has 0 bridgehead atoms. The zero-order chi connectivity index (χ0) is 11.1. The lowest BCUT2D eigenvalue weighted by atomic mass is 9.88. The molecule has 2 fully saturated rings. The van der Waals surface area contributed by atoms with Gasteiger partial charge in [-0.3, -0.25) is 4.79 Å². The van der Waals surface area contributed by atoms with Crippen molar-refractivity contribution in [2.24, 2.45) is 17.3 Å². The highest BCUT2D eigenvalue weighted by molar-refractivity contribution is 5.81. The fourth-order valence-corrected chi connectivity index (χ4v) is 3.13. The molecule has 0 aromatic carbocycles. The van der Waals surface area contributed by atoms with E-state index in [0.717, 1.165) is 18.4 Å². The molecule has 2 atom stereocenters. The van der Waals surface area contributed by atoms with Crippen LogP contribution in [0.2, 0.25) is 0 Å². The number of carbonyl (C=O) groups is 1. The summed E-state index contributed by atoms with van der Waals surface area (Å²) in [5.41, 5.74) is -0.154. The first-order valence-corrected chi connectivity index (χ1v) is 6.22.